The Balaban J connectivity index is 1.87. The quantitative estimate of drug-likeness (QED) is 0.584. The van der Waals surface area contributed by atoms with Gasteiger partial charge >= 0.3 is 0 Å². The first-order valence-electron chi connectivity index (χ1n) is 6.68. The van der Waals surface area contributed by atoms with Crippen LogP contribution in [0.3, 0.4) is 0 Å². The van der Waals surface area contributed by atoms with E-state index in [4.69, 9.17) is 4.42 Å². The lowest BCUT2D eigenvalue weighted by Crippen LogP contribution is -2.29. The molecule has 2 heterocycles. The summed E-state index contributed by atoms with van der Waals surface area (Å²) < 4.78 is 5.28. The molecule has 2 aromatic heterocycles. The maximum absolute atomic E-state index is 12.5. The summed E-state index contributed by atoms with van der Waals surface area (Å²) in [6, 6.07) is 10.2. The second kappa shape index (κ2) is 6.07. The van der Waals surface area contributed by atoms with Crippen LogP contribution in [-0.4, -0.2) is 21.7 Å². The Morgan fingerprint density at radius 2 is 1.91 bits per heavy atom. The van der Waals surface area contributed by atoms with Gasteiger partial charge in [-0.05, 0) is 12.1 Å². The largest absolute Gasteiger partial charge is 0.464 e. The molecule has 0 unspecified atom stereocenters. The predicted molar refractivity (Wildman–Crippen MR) is 80.3 cm³/mol. The van der Waals surface area contributed by atoms with Crippen molar-refractivity contribution >= 4 is 28.6 Å². The summed E-state index contributed by atoms with van der Waals surface area (Å²) in [5, 5.41) is 12.1. The summed E-state index contributed by atoms with van der Waals surface area (Å²) in [5.41, 5.74) is 0.704. The summed E-state index contributed by atoms with van der Waals surface area (Å²) in [6.07, 6.45) is 4.13. The molecular formula is C16H10N4O3. The van der Waals surface area contributed by atoms with Crippen molar-refractivity contribution in [3.63, 3.8) is 0 Å². The number of amides is 1. The van der Waals surface area contributed by atoms with Gasteiger partial charge in [0.05, 0.1) is 11.6 Å². The molecule has 1 atom stereocenters. The second-order valence-electron chi connectivity index (χ2n) is 4.63. The zero-order valence-corrected chi connectivity index (χ0v) is 11.8. The SMILES string of the molecule is N#C[C@@H](C(=O)Nc1ncccn1)C(=O)c1coc2ccccc12. The van der Waals surface area contributed by atoms with Gasteiger partial charge in [-0.2, -0.15) is 5.26 Å². The zero-order valence-electron chi connectivity index (χ0n) is 11.8. The van der Waals surface area contributed by atoms with E-state index in [1.165, 1.54) is 18.7 Å². The van der Waals surface area contributed by atoms with Crippen molar-refractivity contribution in [3.8, 4) is 6.07 Å². The summed E-state index contributed by atoms with van der Waals surface area (Å²) in [4.78, 5) is 32.3. The number of carbonyl (C=O) groups is 2. The Kier molecular flexibility index (Phi) is 3.80. The zero-order chi connectivity index (χ0) is 16.2. The van der Waals surface area contributed by atoms with Crippen molar-refractivity contribution in [1.82, 2.24) is 9.97 Å². The van der Waals surface area contributed by atoms with Gasteiger partial charge in [0, 0.05) is 17.8 Å². The molecule has 1 N–H and O–H groups in total. The van der Waals surface area contributed by atoms with Crippen molar-refractivity contribution in [2.45, 2.75) is 0 Å². The fourth-order valence-electron chi connectivity index (χ4n) is 2.11. The number of carbonyl (C=O) groups excluding carboxylic acids is 2. The number of nitrogens with zero attached hydrogens (tertiary/aromatic N) is 3. The minimum atomic E-state index is -1.51. The van der Waals surface area contributed by atoms with E-state index >= 15 is 0 Å². The van der Waals surface area contributed by atoms with E-state index in [1.54, 1.807) is 36.4 Å². The molecule has 3 rings (SSSR count). The smallest absolute Gasteiger partial charge is 0.252 e. The average molecular weight is 306 g/mol. The third-order valence-corrected chi connectivity index (χ3v) is 3.20. The lowest BCUT2D eigenvalue weighted by atomic mass is 9.97. The first kappa shape index (κ1) is 14.4. The van der Waals surface area contributed by atoms with E-state index in [-0.39, 0.29) is 11.5 Å². The van der Waals surface area contributed by atoms with Gasteiger partial charge in [-0.25, -0.2) is 9.97 Å². The molecule has 23 heavy (non-hydrogen) atoms. The molecule has 0 fully saturated rings. The Hall–Kier alpha value is -3.53. The van der Waals surface area contributed by atoms with Crippen LogP contribution in [0.25, 0.3) is 11.0 Å². The highest BCUT2D eigenvalue weighted by atomic mass is 16.3. The number of ketones is 1. The monoisotopic (exact) mass is 306 g/mol. The Labute approximate surface area is 130 Å². The minimum Gasteiger partial charge on any atom is -0.464 e. The van der Waals surface area contributed by atoms with Gasteiger partial charge in [0.2, 0.25) is 5.95 Å². The highest BCUT2D eigenvalue weighted by molar-refractivity contribution is 6.19. The lowest BCUT2D eigenvalue weighted by molar-refractivity contribution is -0.117. The highest BCUT2D eigenvalue weighted by Crippen LogP contribution is 2.23. The molecule has 0 aliphatic heterocycles. The van der Waals surface area contributed by atoms with Gasteiger partial charge in [0.15, 0.2) is 11.7 Å². The van der Waals surface area contributed by atoms with Crippen molar-refractivity contribution in [2.24, 2.45) is 5.92 Å². The average Bonchev–Trinajstić information content (AvgIpc) is 3.00. The van der Waals surface area contributed by atoms with Crippen LogP contribution in [0.5, 0.6) is 0 Å². The van der Waals surface area contributed by atoms with Crippen molar-refractivity contribution < 1.29 is 14.0 Å². The number of furan rings is 1. The van der Waals surface area contributed by atoms with Crippen molar-refractivity contribution in [2.75, 3.05) is 5.32 Å². The number of nitriles is 1. The first-order valence-corrected chi connectivity index (χ1v) is 6.68. The Morgan fingerprint density at radius 3 is 2.65 bits per heavy atom. The van der Waals surface area contributed by atoms with Gasteiger partial charge < -0.3 is 4.42 Å². The molecule has 7 heteroatoms. The van der Waals surface area contributed by atoms with E-state index in [0.717, 1.165) is 0 Å². The van der Waals surface area contributed by atoms with Crippen LogP contribution in [0, 0.1) is 17.2 Å². The number of hydrogen-bond acceptors (Lipinski definition) is 6. The number of para-hydroxylation sites is 1. The van der Waals surface area contributed by atoms with Crippen LogP contribution < -0.4 is 5.32 Å². The standard InChI is InChI=1S/C16H10N4O3/c17-8-11(15(22)20-16-18-6-3-7-19-16)14(21)12-9-23-13-5-2-1-4-10(12)13/h1-7,9,11H,(H,18,19,20,22)/t11-/m1/s1. The van der Waals surface area contributed by atoms with Crippen LogP contribution in [0.2, 0.25) is 0 Å². The Morgan fingerprint density at radius 1 is 1.17 bits per heavy atom. The molecule has 0 saturated carbocycles. The molecular weight excluding hydrogens is 296 g/mol. The maximum Gasteiger partial charge on any atom is 0.252 e. The number of rotatable bonds is 4. The third-order valence-electron chi connectivity index (χ3n) is 3.20. The van der Waals surface area contributed by atoms with Crippen LogP contribution in [0.4, 0.5) is 5.95 Å². The summed E-state index contributed by atoms with van der Waals surface area (Å²) in [7, 11) is 0. The maximum atomic E-state index is 12.5. The number of aromatic nitrogens is 2. The molecule has 0 aliphatic rings. The minimum absolute atomic E-state index is 0.0302. The third kappa shape index (κ3) is 2.78. The fourth-order valence-corrected chi connectivity index (χ4v) is 2.11. The predicted octanol–water partition coefficient (Wildman–Crippen LogP) is 2.18. The van der Waals surface area contributed by atoms with Crippen LogP contribution in [-0.2, 0) is 4.79 Å². The van der Waals surface area contributed by atoms with Crippen molar-refractivity contribution in [3.05, 3.63) is 54.6 Å². The van der Waals surface area contributed by atoms with Crippen LogP contribution in [0.1, 0.15) is 10.4 Å². The molecule has 1 aromatic carbocycles. The van der Waals surface area contributed by atoms with Crippen LogP contribution in [0.15, 0.2) is 53.4 Å². The topological polar surface area (TPSA) is 109 Å². The van der Waals surface area contributed by atoms with Gasteiger partial charge in [0.1, 0.15) is 11.8 Å². The normalized spacial score (nSPS) is 11.6. The fraction of sp³-hybridized carbons (Fsp3) is 0.0625. The molecule has 0 aliphatic carbocycles. The lowest BCUT2D eigenvalue weighted by Gasteiger charge is -2.07. The second-order valence-corrected chi connectivity index (χ2v) is 4.63. The molecule has 1 amide bonds. The number of nitrogens with one attached hydrogen (secondary N) is 1. The van der Waals surface area contributed by atoms with E-state index in [0.29, 0.717) is 11.0 Å². The van der Waals surface area contributed by atoms with Gasteiger partial charge in [-0.15, -0.1) is 0 Å². The van der Waals surface area contributed by atoms with Crippen LogP contribution >= 0.6 is 0 Å². The first-order chi connectivity index (χ1) is 11.2. The molecule has 7 nitrogen and oxygen atoms in total. The number of benzene rings is 1. The number of hydrogen-bond donors (Lipinski definition) is 1. The van der Waals surface area contributed by atoms with Gasteiger partial charge in [-0.3, -0.25) is 14.9 Å². The summed E-state index contributed by atoms with van der Waals surface area (Å²) in [6.45, 7) is 0. The van der Waals surface area contributed by atoms with Crippen molar-refractivity contribution in [1.29, 1.82) is 5.26 Å². The highest BCUT2D eigenvalue weighted by Gasteiger charge is 2.30. The van der Waals surface area contributed by atoms with Gasteiger partial charge in [-0.1, -0.05) is 18.2 Å². The molecule has 0 bridgehead atoms. The molecule has 0 radical (unpaired) electrons. The van der Waals surface area contributed by atoms with E-state index in [9.17, 15) is 14.9 Å². The molecule has 3 aromatic rings. The number of Topliss-reactive ketones (excluding diaryl/α,β-unsaturated/α-hetero) is 1. The van der Waals surface area contributed by atoms with E-state index < -0.39 is 17.6 Å². The summed E-state index contributed by atoms with van der Waals surface area (Å²) >= 11 is 0. The number of anilines is 1. The summed E-state index contributed by atoms with van der Waals surface area (Å²) in [5.74, 6) is -2.90. The van der Waals surface area contributed by atoms with E-state index in [1.807, 2.05) is 0 Å². The Bertz CT molecular complexity index is 912. The van der Waals surface area contributed by atoms with E-state index in [2.05, 4.69) is 15.3 Å². The molecule has 0 saturated heterocycles. The molecule has 112 valence electrons. The van der Waals surface area contributed by atoms with Gasteiger partial charge in [0.25, 0.3) is 5.91 Å². The number of fused-ring (bicyclic) bond motifs is 1. The molecule has 0 spiro atoms.